The van der Waals surface area contributed by atoms with E-state index in [1.807, 2.05) is 68.1 Å². The lowest BCUT2D eigenvalue weighted by molar-refractivity contribution is -0.122. The first-order valence-electron chi connectivity index (χ1n) is 11.8. The van der Waals surface area contributed by atoms with Gasteiger partial charge in [0.15, 0.2) is 0 Å². The molecule has 5 rings (SSSR count). The number of anilines is 1. The third-order valence-electron chi connectivity index (χ3n) is 6.43. The lowest BCUT2D eigenvalue weighted by Gasteiger charge is -2.31. The zero-order valence-electron chi connectivity index (χ0n) is 19.8. The van der Waals surface area contributed by atoms with E-state index >= 15 is 0 Å². The van der Waals surface area contributed by atoms with E-state index < -0.39 is 0 Å². The van der Waals surface area contributed by atoms with E-state index in [9.17, 15) is 9.59 Å². The van der Waals surface area contributed by atoms with E-state index in [0.717, 1.165) is 46.7 Å². The van der Waals surface area contributed by atoms with Gasteiger partial charge in [0.1, 0.15) is 4.32 Å². The molecule has 35 heavy (non-hydrogen) atoms. The molecule has 1 amide bonds. The van der Waals surface area contributed by atoms with Crippen molar-refractivity contribution in [2.45, 2.75) is 26.9 Å². The van der Waals surface area contributed by atoms with Crippen molar-refractivity contribution < 1.29 is 4.79 Å². The summed E-state index contributed by atoms with van der Waals surface area (Å²) in [7, 11) is 0. The van der Waals surface area contributed by atoms with Crippen LogP contribution in [0, 0.1) is 6.92 Å². The molecule has 2 aromatic carbocycles. The van der Waals surface area contributed by atoms with Crippen LogP contribution in [0.4, 0.5) is 5.69 Å². The van der Waals surface area contributed by atoms with Crippen molar-refractivity contribution in [2.24, 2.45) is 0 Å². The first kappa shape index (κ1) is 24.2. The van der Waals surface area contributed by atoms with Crippen molar-refractivity contribution in [3.8, 4) is 0 Å². The number of fused-ring (bicyclic) bond motifs is 1. The number of nitrogens with zero attached hydrogens (tertiary/aromatic N) is 3. The van der Waals surface area contributed by atoms with Gasteiger partial charge in [-0.3, -0.25) is 14.5 Å². The lowest BCUT2D eigenvalue weighted by atomic mass is 10.1. The second-order valence-electron chi connectivity index (χ2n) is 8.68. The Morgan fingerprint density at radius 1 is 1.03 bits per heavy atom. The zero-order valence-corrected chi connectivity index (χ0v) is 22.3. The van der Waals surface area contributed by atoms with Gasteiger partial charge in [0.05, 0.1) is 28.2 Å². The van der Waals surface area contributed by atoms with Crippen LogP contribution in [0.3, 0.4) is 0 Å². The van der Waals surface area contributed by atoms with E-state index in [1.165, 1.54) is 17.3 Å². The molecule has 2 aliphatic rings. The largest absolute Gasteiger partial charge is 0.369 e. The SMILES string of the molecule is CCn1c(=O)c(C=C2SC(=S)N(Cc3ccc(C)cc3)C2=O)c(N2CCSCC2)c2ccccc21. The molecule has 0 bridgehead atoms. The van der Waals surface area contributed by atoms with Crippen LogP contribution in [0.1, 0.15) is 23.6 Å². The number of hydrogen-bond donors (Lipinski definition) is 0. The third-order valence-corrected chi connectivity index (χ3v) is 8.75. The number of hydrogen-bond acceptors (Lipinski definition) is 6. The molecule has 3 heterocycles. The van der Waals surface area contributed by atoms with Crippen LogP contribution in [-0.2, 0) is 17.9 Å². The smallest absolute Gasteiger partial charge is 0.266 e. The summed E-state index contributed by atoms with van der Waals surface area (Å²) in [5.74, 6) is 1.89. The van der Waals surface area contributed by atoms with E-state index in [4.69, 9.17) is 12.2 Å². The molecule has 0 radical (unpaired) electrons. The fourth-order valence-electron chi connectivity index (χ4n) is 4.63. The van der Waals surface area contributed by atoms with Crippen molar-refractivity contribution in [3.63, 3.8) is 0 Å². The molecule has 2 fully saturated rings. The highest BCUT2D eigenvalue weighted by Gasteiger charge is 2.33. The van der Waals surface area contributed by atoms with Crippen LogP contribution in [0.2, 0.25) is 0 Å². The van der Waals surface area contributed by atoms with Crippen LogP contribution in [0.15, 0.2) is 58.2 Å². The average Bonchev–Trinajstić information content (AvgIpc) is 3.13. The standard InChI is InChI=1S/C27H27N3O2S3/c1-3-29-22-7-5-4-6-20(22)24(28-12-14-34-15-13-28)21(25(29)31)16-23-26(32)30(27(33)35-23)17-19-10-8-18(2)9-11-19/h4-11,16H,3,12-15,17H2,1-2H3. The number of amides is 1. The summed E-state index contributed by atoms with van der Waals surface area (Å²) in [6, 6.07) is 16.2. The summed E-state index contributed by atoms with van der Waals surface area (Å²) < 4.78 is 2.32. The summed E-state index contributed by atoms with van der Waals surface area (Å²) in [5.41, 5.74) is 4.57. The maximum absolute atomic E-state index is 13.8. The second kappa shape index (κ2) is 10.2. The van der Waals surface area contributed by atoms with Crippen LogP contribution >= 0.6 is 35.7 Å². The number of rotatable bonds is 5. The van der Waals surface area contributed by atoms with E-state index in [1.54, 1.807) is 15.5 Å². The Bertz CT molecular complexity index is 1390. The minimum absolute atomic E-state index is 0.0665. The van der Waals surface area contributed by atoms with Gasteiger partial charge in [-0.1, -0.05) is 72.0 Å². The Labute approximate surface area is 219 Å². The van der Waals surface area contributed by atoms with Gasteiger partial charge < -0.3 is 9.47 Å². The highest BCUT2D eigenvalue weighted by molar-refractivity contribution is 8.26. The summed E-state index contributed by atoms with van der Waals surface area (Å²) >= 11 is 8.79. The minimum atomic E-state index is -0.142. The summed E-state index contributed by atoms with van der Waals surface area (Å²) in [4.78, 5) is 31.7. The van der Waals surface area contributed by atoms with Gasteiger partial charge in [0.25, 0.3) is 11.5 Å². The summed E-state index contributed by atoms with van der Waals surface area (Å²) in [5, 5.41) is 1.04. The number of thioether (sulfide) groups is 2. The molecule has 0 aliphatic carbocycles. The highest BCUT2D eigenvalue weighted by atomic mass is 32.2. The van der Waals surface area contributed by atoms with Crippen molar-refractivity contribution in [3.05, 3.63) is 80.5 Å². The van der Waals surface area contributed by atoms with Gasteiger partial charge in [0.2, 0.25) is 0 Å². The van der Waals surface area contributed by atoms with Crippen LogP contribution in [0.5, 0.6) is 0 Å². The summed E-state index contributed by atoms with van der Waals surface area (Å²) in [6.07, 6.45) is 1.78. The van der Waals surface area contributed by atoms with Crippen molar-refractivity contribution >= 4 is 68.6 Å². The Hall–Kier alpha value is -2.55. The molecule has 0 unspecified atom stereocenters. The van der Waals surface area contributed by atoms with Gasteiger partial charge in [0, 0.05) is 36.5 Å². The molecule has 2 saturated heterocycles. The number of aromatic nitrogens is 1. The minimum Gasteiger partial charge on any atom is -0.369 e. The lowest BCUT2D eigenvalue weighted by Crippen LogP contribution is -2.35. The van der Waals surface area contributed by atoms with Crippen molar-refractivity contribution in [2.75, 3.05) is 29.5 Å². The van der Waals surface area contributed by atoms with Crippen LogP contribution < -0.4 is 10.5 Å². The molecule has 3 aromatic rings. The van der Waals surface area contributed by atoms with Crippen molar-refractivity contribution in [1.29, 1.82) is 0 Å². The molecule has 5 nitrogen and oxygen atoms in total. The van der Waals surface area contributed by atoms with Crippen LogP contribution in [0.25, 0.3) is 17.0 Å². The van der Waals surface area contributed by atoms with Gasteiger partial charge in [-0.2, -0.15) is 11.8 Å². The normalized spacial score (nSPS) is 17.7. The third kappa shape index (κ3) is 4.67. The van der Waals surface area contributed by atoms with Gasteiger partial charge in [-0.05, 0) is 31.6 Å². The van der Waals surface area contributed by atoms with Gasteiger partial charge in [-0.25, -0.2) is 0 Å². The number of pyridine rings is 1. The molecule has 0 saturated carbocycles. The predicted molar refractivity (Wildman–Crippen MR) is 153 cm³/mol. The Morgan fingerprint density at radius 2 is 1.74 bits per heavy atom. The van der Waals surface area contributed by atoms with Gasteiger partial charge in [-0.15, -0.1) is 0 Å². The number of carbonyl (C=O) groups is 1. The molecule has 0 atom stereocenters. The topological polar surface area (TPSA) is 45.6 Å². The van der Waals surface area contributed by atoms with Gasteiger partial charge >= 0.3 is 0 Å². The molecular formula is C27H27N3O2S3. The maximum Gasteiger partial charge on any atom is 0.266 e. The fraction of sp³-hybridized carbons (Fsp3) is 0.296. The maximum atomic E-state index is 13.8. The number of para-hydroxylation sites is 1. The zero-order chi connectivity index (χ0) is 24.5. The summed E-state index contributed by atoms with van der Waals surface area (Å²) in [6.45, 7) is 6.76. The Morgan fingerprint density at radius 3 is 2.46 bits per heavy atom. The van der Waals surface area contributed by atoms with Crippen molar-refractivity contribution in [1.82, 2.24) is 9.47 Å². The van der Waals surface area contributed by atoms with E-state index in [2.05, 4.69) is 11.0 Å². The highest BCUT2D eigenvalue weighted by Crippen LogP contribution is 2.37. The molecule has 2 aliphatic heterocycles. The number of aryl methyl sites for hydroxylation is 2. The molecule has 8 heteroatoms. The predicted octanol–water partition coefficient (Wildman–Crippen LogP) is 5.28. The van der Waals surface area contributed by atoms with E-state index in [-0.39, 0.29) is 11.5 Å². The average molecular weight is 522 g/mol. The molecule has 0 spiro atoms. The molecule has 1 aromatic heterocycles. The number of thiocarbonyl (C=S) groups is 1. The van der Waals surface area contributed by atoms with Crippen LogP contribution in [-0.4, -0.2) is 44.3 Å². The Balaban J connectivity index is 1.61. The van der Waals surface area contributed by atoms with E-state index in [0.29, 0.717) is 27.9 Å². The molecule has 180 valence electrons. The first-order valence-corrected chi connectivity index (χ1v) is 14.1. The second-order valence-corrected chi connectivity index (χ2v) is 11.6. The molecular weight excluding hydrogens is 495 g/mol. The Kier molecular flexibility index (Phi) is 7.05. The first-order chi connectivity index (χ1) is 17.0. The number of carbonyl (C=O) groups excluding carboxylic acids is 1. The fourth-order valence-corrected chi connectivity index (χ4v) is 6.77. The monoisotopic (exact) mass is 521 g/mol. The molecule has 0 N–H and O–H groups in total. The number of benzene rings is 2. The quantitative estimate of drug-likeness (QED) is 0.336.